The fraction of sp³-hybridized carbons (Fsp3) is 0.286. The van der Waals surface area contributed by atoms with Crippen LogP contribution >= 0.6 is 11.3 Å². The topological polar surface area (TPSA) is 58.2 Å². The quantitative estimate of drug-likeness (QED) is 0.822. The molecule has 1 aromatic heterocycles. The van der Waals surface area contributed by atoms with Gasteiger partial charge in [0.1, 0.15) is 0 Å². The van der Waals surface area contributed by atoms with E-state index in [0.29, 0.717) is 11.4 Å². The van der Waals surface area contributed by atoms with Gasteiger partial charge >= 0.3 is 0 Å². The molecule has 0 aliphatic heterocycles. The van der Waals surface area contributed by atoms with Gasteiger partial charge in [0.2, 0.25) is 10.0 Å². The molecular formula is C14H18N2O2S2. The second-order valence-corrected chi connectivity index (χ2v) is 7.00. The predicted molar refractivity (Wildman–Crippen MR) is 82.4 cm³/mol. The zero-order chi connectivity index (χ0) is 14.4. The van der Waals surface area contributed by atoms with Crippen molar-refractivity contribution in [3.05, 3.63) is 52.2 Å². The van der Waals surface area contributed by atoms with Crippen molar-refractivity contribution in [3.8, 4) is 0 Å². The molecule has 0 radical (unpaired) electrons. The summed E-state index contributed by atoms with van der Waals surface area (Å²) in [5, 5.41) is 6.93. The van der Waals surface area contributed by atoms with E-state index >= 15 is 0 Å². The molecule has 0 saturated carbocycles. The Morgan fingerprint density at radius 3 is 2.45 bits per heavy atom. The van der Waals surface area contributed by atoms with Gasteiger partial charge in [0.15, 0.2) is 0 Å². The maximum atomic E-state index is 12.1. The van der Waals surface area contributed by atoms with Gasteiger partial charge in [-0.05, 0) is 60.1 Å². The van der Waals surface area contributed by atoms with Crippen molar-refractivity contribution >= 4 is 21.4 Å². The summed E-state index contributed by atoms with van der Waals surface area (Å²) in [5.74, 6) is 0. The summed E-state index contributed by atoms with van der Waals surface area (Å²) >= 11 is 1.55. The van der Waals surface area contributed by atoms with Crippen LogP contribution in [0.1, 0.15) is 11.1 Å². The molecule has 0 spiro atoms. The van der Waals surface area contributed by atoms with Crippen LogP contribution in [0.15, 0.2) is 46.0 Å². The van der Waals surface area contributed by atoms with Crippen LogP contribution in [0.5, 0.6) is 0 Å². The minimum absolute atomic E-state index is 0.306. The summed E-state index contributed by atoms with van der Waals surface area (Å²) in [6.45, 7) is 1.20. The molecular weight excluding hydrogens is 292 g/mol. The van der Waals surface area contributed by atoms with Crippen LogP contribution in [0.4, 0.5) is 0 Å². The minimum atomic E-state index is -3.43. The predicted octanol–water partition coefficient (Wildman–Crippen LogP) is 1.99. The molecule has 0 bridgehead atoms. The highest BCUT2D eigenvalue weighted by molar-refractivity contribution is 7.89. The molecule has 108 valence electrons. The van der Waals surface area contributed by atoms with Gasteiger partial charge in [-0.1, -0.05) is 12.1 Å². The normalized spacial score (nSPS) is 11.7. The van der Waals surface area contributed by atoms with Crippen LogP contribution in [0.3, 0.4) is 0 Å². The maximum absolute atomic E-state index is 12.1. The number of likely N-dealkylation sites (N-methyl/N-ethyl adjacent to an activating group) is 1. The summed E-state index contributed by atoms with van der Waals surface area (Å²) in [7, 11) is -1.54. The molecule has 0 unspecified atom stereocenters. The van der Waals surface area contributed by atoms with Gasteiger partial charge in [-0.2, -0.15) is 11.3 Å². The standard InChI is InChI=1S/C14H18N2O2S2/c1-15-8-6-12-2-4-14(5-3-12)20(17,18)16-10-13-7-9-19-11-13/h2-5,7,9,11,15-16H,6,8,10H2,1H3. The third kappa shape index (κ3) is 4.14. The Balaban J connectivity index is 2.01. The van der Waals surface area contributed by atoms with Crippen molar-refractivity contribution in [1.29, 1.82) is 0 Å². The van der Waals surface area contributed by atoms with E-state index in [9.17, 15) is 8.42 Å². The van der Waals surface area contributed by atoms with E-state index < -0.39 is 10.0 Å². The lowest BCUT2D eigenvalue weighted by molar-refractivity contribution is 0.581. The molecule has 1 aromatic carbocycles. The number of thiophene rings is 1. The van der Waals surface area contributed by atoms with Crippen LogP contribution in [-0.2, 0) is 23.0 Å². The summed E-state index contributed by atoms with van der Waals surface area (Å²) in [6.07, 6.45) is 0.888. The summed E-state index contributed by atoms with van der Waals surface area (Å²) < 4.78 is 26.9. The van der Waals surface area contributed by atoms with E-state index in [1.807, 2.05) is 36.0 Å². The minimum Gasteiger partial charge on any atom is -0.319 e. The van der Waals surface area contributed by atoms with Crippen molar-refractivity contribution in [1.82, 2.24) is 10.0 Å². The smallest absolute Gasteiger partial charge is 0.240 e. The SMILES string of the molecule is CNCCc1ccc(S(=O)(=O)NCc2ccsc2)cc1. The number of rotatable bonds is 7. The van der Waals surface area contributed by atoms with Gasteiger partial charge in [-0.25, -0.2) is 13.1 Å². The molecule has 0 aliphatic carbocycles. The van der Waals surface area contributed by atoms with E-state index in [4.69, 9.17) is 0 Å². The number of nitrogens with one attached hydrogen (secondary N) is 2. The first-order chi connectivity index (χ1) is 9.62. The van der Waals surface area contributed by atoms with Gasteiger partial charge in [0.05, 0.1) is 4.90 Å². The van der Waals surface area contributed by atoms with Crippen molar-refractivity contribution in [3.63, 3.8) is 0 Å². The molecule has 0 atom stereocenters. The van der Waals surface area contributed by atoms with Crippen molar-refractivity contribution in [2.75, 3.05) is 13.6 Å². The molecule has 4 nitrogen and oxygen atoms in total. The molecule has 0 saturated heterocycles. The molecule has 1 heterocycles. The molecule has 20 heavy (non-hydrogen) atoms. The molecule has 2 aromatic rings. The van der Waals surface area contributed by atoms with E-state index in [2.05, 4.69) is 10.0 Å². The first-order valence-corrected chi connectivity index (χ1v) is 8.79. The van der Waals surface area contributed by atoms with Gasteiger partial charge < -0.3 is 5.32 Å². The van der Waals surface area contributed by atoms with E-state index in [-0.39, 0.29) is 0 Å². The molecule has 0 amide bonds. The number of sulfonamides is 1. The van der Waals surface area contributed by atoms with Crippen LogP contribution in [0.2, 0.25) is 0 Å². The highest BCUT2D eigenvalue weighted by atomic mass is 32.2. The maximum Gasteiger partial charge on any atom is 0.240 e. The van der Waals surface area contributed by atoms with E-state index in [1.54, 1.807) is 23.5 Å². The first-order valence-electron chi connectivity index (χ1n) is 6.36. The lowest BCUT2D eigenvalue weighted by atomic mass is 10.1. The van der Waals surface area contributed by atoms with Crippen LogP contribution in [0, 0.1) is 0 Å². The average Bonchev–Trinajstić information content (AvgIpc) is 2.97. The fourth-order valence-electron chi connectivity index (χ4n) is 1.76. The molecule has 2 rings (SSSR count). The zero-order valence-corrected chi connectivity index (χ0v) is 12.9. The highest BCUT2D eigenvalue weighted by Crippen LogP contribution is 2.12. The summed E-state index contributed by atoms with van der Waals surface area (Å²) in [4.78, 5) is 0.306. The Bertz CT molecular complexity index is 620. The largest absolute Gasteiger partial charge is 0.319 e. The molecule has 0 aliphatic rings. The molecule has 6 heteroatoms. The van der Waals surface area contributed by atoms with Crippen LogP contribution < -0.4 is 10.0 Å². The molecule has 2 N–H and O–H groups in total. The Hall–Kier alpha value is -1.21. The third-order valence-electron chi connectivity index (χ3n) is 2.94. The fourth-order valence-corrected chi connectivity index (χ4v) is 3.45. The van der Waals surface area contributed by atoms with E-state index in [1.165, 1.54) is 0 Å². The summed E-state index contributed by atoms with van der Waals surface area (Å²) in [6, 6.07) is 8.93. The van der Waals surface area contributed by atoms with Crippen molar-refractivity contribution in [2.24, 2.45) is 0 Å². The van der Waals surface area contributed by atoms with Gasteiger partial charge in [0.25, 0.3) is 0 Å². The first kappa shape index (κ1) is 15.2. The second-order valence-electron chi connectivity index (χ2n) is 4.45. The third-order valence-corrected chi connectivity index (χ3v) is 5.09. The van der Waals surface area contributed by atoms with Crippen molar-refractivity contribution in [2.45, 2.75) is 17.9 Å². The zero-order valence-electron chi connectivity index (χ0n) is 11.3. The Morgan fingerprint density at radius 2 is 1.85 bits per heavy atom. The van der Waals surface area contributed by atoms with Crippen LogP contribution in [0.25, 0.3) is 0 Å². The second kappa shape index (κ2) is 6.99. The highest BCUT2D eigenvalue weighted by Gasteiger charge is 2.13. The van der Waals surface area contributed by atoms with Gasteiger partial charge in [0, 0.05) is 6.54 Å². The van der Waals surface area contributed by atoms with Crippen LogP contribution in [-0.4, -0.2) is 22.0 Å². The number of hydrogen-bond donors (Lipinski definition) is 2. The molecule has 0 fully saturated rings. The Kier molecular flexibility index (Phi) is 5.31. The Labute approximate surface area is 123 Å². The number of hydrogen-bond acceptors (Lipinski definition) is 4. The summed E-state index contributed by atoms with van der Waals surface area (Å²) in [5.41, 5.74) is 2.10. The Morgan fingerprint density at radius 1 is 1.10 bits per heavy atom. The lowest BCUT2D eigenvalue weighted by Gasteiger charge is -2.07. The van der Waals surface area contributed by atoms with E-state index in [0.717, 1.165) is 24.1 Å². The van der Waals surface area contributed by atoms with Crippen molar-refractivity contribution < 1.29 is 8.42 Å². The van der Waals surface area contributed by atoms with Gasteiger partial charge in [-0.3, -0.25) is 0 Å². The lowest BCUT2D eigenvalue weighted by Crippen LogP contribution is -2.23. The number of benzene rings is 1. The monoisotopic (exact) mass is 310 g/mol. The average molecular weight is 310 g/mol. The van der Waals surface area contributed by atoms with Gasteiger partial charge in [-0.15, -0.1) is 0 Å².